The zero-order valence-electron chi connectivity index (χ0n) is 16.6. The van der Waals surface area contributed by atoms with Crippen molar-refractivity contribution in [1.29, 1.82) is 0 Å². The van der Waals surface area contributed by atoms with Crippen molar-refractivity contribution in [3.63, 3.8) is 0 Å². The summed E-state index contributed by atoms with van der Waals surface area (Å²) in [6.45, 7) is 3.06. The lowest BCUT2D eigenvalue weighted by molar-refractivity contribution is -0.140. The van der Waals surface area contributed by atoms with Gasteiger partial charge in [0.1, 0.15) is 23.9 Å². The number of hydrogen-bond donors (Lipinski definition) is 1. The first kappa shape index (κ1) is 20.2. The lowest BCUT2D eigenvalue weighted by atomic mass is 9.99. The van der Waals surface area contributed by atoms with Gasteiger partial charge in [0.25, 0.3) is 11.8 Å². The van der Waals surface area contributed by atoms with E-state index in [1.54, 1.807) is 38.1 Å². The summed E-state index contributed by atoms with van der Waals surface area (Å²) < 4.78 is 5.52. The largest absolute Gasteiger partial charge is 0.467 e. The molecule has 1 aromatic heterocycles. The molecule has 9 heteroatoms. The maximum absolute atomic E-state index is 13.1. The van der Waals surface area contributed by atoms with Crippen LogP contribution in [0.2, 0.25) is 5.02 Å². The molecule has 2 aliphatic rings. The van der Waals surface area contributed by atoms with Crippen LogP contribution in [0, 0.1) is 0 Å². The van der Waals surface area contributed by atoms with Gasteiger partial charge in [-0.1, -0.05) is 30.7 Å². The van der Waals surface area contributed by atoms with Crippen LogP contribution in [-0.4, -0.2) is 45.5 Å². The van der Waals surface area contributed by atoms with Crippen LogP contribution in [0.25, 0.3) is 0 Å². The molecule has 30 heavy (non-hydrogen) atoms. The molecule has 4 rings (SSSR count). The number of imide groups is 1. The molecule has 2 aromatic rings. The van der Waals surface area contributed by atoms with Crippen molar-refractivity contribution in [2.75, 3.05) is 6.54 Å². The number of urea groups is 1. The van der Waals surface area contributed by atoms with E-state index in [9.17, 15) is 14.4 Å². The molecule has 0 bridgehead atoms. The normalized spacial score (nSPS) is 23.7. The lowest BCUT2D eigenvalue weighted by Gasteiger charge is -2.23. The van der Waals surface area contributed by atoms with Crippen LogP contribution in [0.15, 0.2) is 52.2 Å². The molecular weight excluding hydrogens is 408 g/mol. The number of halogens is 1. The number of furan rings is 1. The van der Waals surface area contributed by atoms with Gasteiger partial charge in [-0.2, -0.15) is 5.10 Å². The van der Waals surface area contributed by atoms with Gasteiger partial charge in [0.2, 0.25) is 0 Å². The highest BCUT2D eigenvalue weighted by atomic mass is 35.5. The molecule has 2 aliphatic heterocycles. The topological polar surface area (TPSA) is 95.2 Å². The molecule has 1 N–H and O–H groups in total. The Morgan fingerprint density at radius 1 is 1.30 bits per heavy atom. The van der Waals surface area contributed by atoms with Crippen LogP contribution in [-0.2, 0) is 9.59 Å². The first-order chi connectivity index (χ1) is 14.3. The van der Waals surface area contributed by atoms with E-state index in [-0.39, 0.29) is 0 Å². The molecule has 4 amide bonds. The molecule has 0 radical (unpaired) electrons. The smallest absolute Gasteiger partial charge is 0.325 e. The Morgan fingerprint density at radius 2 is 2.03 bits per heavy atom. The van der Waals surface area contributed by atoms with E-state index in [0.717, 1.165) is 10.5 Å². The summed E-state index contributed by atoms with van der Waals surface area (Å²) in [6.07, 6.45) is 2.40. The van der Waals surface area contributed by atoms with Crippen molar-refractivity contribution in [3.05, 3.63) is 59.0 Å². The maximum atomic E-state index is 13.1. The van der Waals surface area contributed by atoms with E-state index >= 15 is 0 Å². The van der Waals surface area contributed by atoms with E-state index in [0.29, 0.717) is 29.3 Å². The van der Waals surface area contributed by atoms with Crippen LogP contribution in [0.1, 0.15) is 44.1 Å². The molecule has 1 fully saturated rings. The number of benzene rings is 1. The summed E-state index contributed by atoms with van der Waals surface area (Å²) in [5.74, 6) is -0.310. The highest BCUT2D eigenvalue weighted by Crippen LogP contribution is 2.33. The minimum Gasteiger partial charge on any atom is -0.467 e. The SMILES string of the molecule is CC[C@]1(C)NC(=O)N(CC(=O)N2N=C(c3ccc(Cl)cc3)C[C@H]2c2ccco2)C1=O. The molecule has 0 spiro atoms. The Labute approximate surface area is 178 Å². The van der Waals surface area contributed by atoms with E-state index in [1.165, 1.54) is 11.3 Å². The minimum absolute atomic E-state index is 0.394. The summed E-state index contributed by atoms with van der Waals surface area (Å²) in [6, 6.07) is 9.65. The monoisotopic (exact) mass is 428 g/mol. The molecule has 1 aromatic carbocycles. The fourth-order valence-electron chi connectivity index (χ4n) is 3.60. The molecule has 0 saturated carbocycles. The molecular formula is C21H21ClN4O4. The number of nitrogens with one attached hydrogen (secondary N) is 1. The van der Waals surface area contributed by atoms with Gasteiger partial charge in [-0.3, -0.25) is 14.5 Å². The number of rotatable bonds is 5. The highest BCUT2D eigenvalue weighted by Gasteiger charge is 2.48. The molecule has 2 atom stereocenters. The Kier molecular flexibility index (Phi) is 5.11. The summed E-state index contributed by atoms with van der Waals surface area (Å²) >= 11 is 5.97. The van der Waals surface area contributed by atoms with Crippen molar-refractivity contribution >= 4 is 35.2 Å². The molecule has 3 heterocycles. The van der Waals surface area contributed by atoms with E-state index in [4.69, 9.17) is 16.0 Å². The van der Waals surface area contributed by atoms with Gasteiger partial charge < -0.3 is 9.73 Å². The summed E-state index contributed by atoms with van der Waals surface area (Å²) in [5, 5.41) is 9.05. The average Bonchev–Trinajstić information content (AvgIpc) is 3.44. The third-order valence-electron chi connectivity index (χ3n) is 5.56. The van der Waals surface area contributed by atoms with Gasteiger partial charge in [-0.15, -0.1) is 0 Å². The number of carbonyl (C=O) groups excluding carboxylic acids is 3. The predicted octanol–water partition coefficient (Wildman–Crippen LogP) is 3.33. The van der Waals surface area contributed by atoms with E-state index in [1.807, 2.05) is 12.1 Å². The molecule has 8 nitrogen and oxygen atoms in total. The van der Waals surface area contributed by atoms with Crippen molar-refractivity contribution in [3.8, 4) is 0 Å². The Morgan fingerprint density at radius 3 is 2.63 bits per heavy atom. The second-order valence-electron chi connectivity index (χ2n) is 7.53. The number of amides is 4. The van der Waals surface area contributed by atoms with Crippen molar-refractivity contribution in [1.82, 2.24) is 15.2 Å². The second kappa shape index (κ2) is 7.60. The Hall–Kier alpha value is -3.13. The fourth-order valence-corrected chi connectivity index (χ4v) is 3.72. The van der Waals surface area contributed by atoms with Crippen LogP contribution < -0.4 is 5.32 Å². The van der Waals surface area contributed by atoms with Crippen LogP contribution in [0.3, 0.4) is 0 Å². The first-order valence-corrected chi connectivity index (χ1v) is 10.0. The molecule has 1 saturated heterocycles. The summed E-state index contributed by atoms with van der Waals surface area (Å²) in [7, 11) is 0. The van der Waals surface area contributed by atoms with Crippen molar-refractivity contribution < 1.29 is 18.8 Å². The van der Waals surface area contributed by atoms with Gasteiger partial charge in [0.05, 0.1) is 12.0 Å². The van der Waals surface area contributed by atoms with Crippen molar-refractivity contribution in [2.24, 2.45) is 5.10 Å². The Bertz CT molecular complexity index is 1020. The summed E-state index contributed by atoms with van der Waals surface area (Å²) in [5.41, 5.74) is 0.525. The number of nitrogens with zero attached hydrogens (tertiary/aromatic N) is 3. The van der Waals surface area contributed by atoms with E-state index in [2.05, 4.69) is 10.4 Å². The number of hydrogen-bond acceptors (Lipinski definition) is 5. The van der Waals surface area contributed by atoms with Crippen LogP contribution in [0.5, 0.6) is 0 Å². The number of carbonyl (C=O) groups is 3. The van der Waals surface area contributed by atoms with Crippen molar-refractivity contribution in [2.45, 2.75) is 38.3 Å². The maximum Gasteiger partial charge on any atom is 0.325 e. The zero-order chi connectivity index (χ0) is 21.5. The minimum atomic E-state index is -0.999. The third kappa shape index (κ3) is 3.47. The zero-order valence-corrected chi connectivity index (χ0v) is 17.3. The molecule has 156 valence electrons. The first-order valence-electron chi connectivity index (χ1n) is 9.65. The highest BCUT2D eigenvalue weighted by molar-refractivity contribution is 6.30. The second-order valence-corrected chi connectivity index (χ2v) is 7.97. The van der Waals surface area contributed by atoms with Gasteiger partial charge in [0.15, 0.2) is 0 Å². The molecule has 0 aliphatic carbocycles. The quantitative estimate of drug-likeness (QED) is 0.739. The van der Waals surface area contributed by atoms with Crippen LogP contribution in [0.4, 0.5) is 4.79 Å². The van der Waals surface area contributed by atoms with Gasteiger partial charge in [0, 0.05) is 11.4 Å². The predicted molar refractivity (Wildman–Crippen MR) is 110 cm³/mol. The Balaban J connectivity index is 1.60. The molecule has 0 unspecified atom stereocenters. The van der Waals surface area contributed by atoms with E-state index < -0.39 is 36.0 Å². The van der Waals surface area contributed by atoms with Gasteiger partial charge >= 0.3 is 6.03 Å². The van der Waals surface area contributed by atoms with Crippen LogP contribution >= 0.6 is 11.6 Å². The van der Waals surface area contributed by atoms with Gasteiger partial charge in [-0.25, -0.2) is 9.80 Å². The lowest BCUT2D eigenvalue weighted by Crippen LogP contribution is -2.44. The third-order valence-corrected chi connectivity index (χ3v) is 5.81. The summed E-state index contributed by atoms with van der Waals surface area (Å²) in [4.78, 5) is 39.0. The van der Waals surface area contributed by atoms with Gasteiger partial charge in [-0.05, 0) is 43.2 Å². The standard InChI is InChI=1S/C21H21ClN4O4/c1-3-21(2)19(28)25(20(29)23-21)12-18(27)26-16(17-5-4-10-30-17)11-15(24-26)13-6-8-14(22)9-7-13/h4-10,16H,3,11-12H2,1-2H3,(H,23,29)/t16-,21-/m0/s1. The average molecular weight is 429 g/mol. The fraction of sp³-hybridized carbons (Fsp3) is 0.333. The number of hydrazone groups is 1.